The number of hydrogen-bond acceptors (Lipinski definition) is 12. The first-order chi connectivity index (χ1) is 29.8. The summed E-state index contributed by atoms with van der Waals surface area (Å²) < 4.78 is 40.8. The first kappa shape index (κ1) is 45.4. The van der Waals surface area contributed by atoms with Gasteiger partial charge in [0.05, 0.1) is 51.8 Å². The van der Waals surface area contributed by atoms with Gasteiger partial charge in [-0.25, -0.2) is 23.4 Å². The summed E-state index contributed by atoms with van der Waals surface area (Å²) in [5, 5.41) is 6.53. The number of Topliss-reactive ketones (excluding diaryl/α,β-unsaturated/α-hetero) is 1. The average Bonchev–Trinajstić information content (AvgIpc) is 3.83. The molecule has 0 spiro atoms. The third-order valence-corrected chi connectivity index (χ3v) is 17.6. The van der Waals surface area contributed by atoms with Gasteiger partial charge in [-0.15, -0.1) is 22.7 Å². The van der Waals surface area contributed by atoms with E-state index in [1.165, 1.54) is 11.3 Å². The molecule has 5 heterocycles. The Morgan fingerprint density at radius 3 is 2.51 bits per heavy atom. The number of fused-ring (bicyclic) bond motifs is 3. The van der Waals surface area contributed by atoms with Crippen molar-refractivity contribution in [3.8, 4) is 22.2 Å². The van der Waals surface area contributed by atoms with Crippen LogP contribution in [0, 0.1) is 24.2 Å². The van der Waals surface area contributed by atoms with Gasteiger partial charge in [0.15, 0.2) is 5.78 Å². The molecule has 2 saturated carbocycles. The molecule has 338 valence electrons. The molecule has 8 rings (SSSR count). The molecule has 1 saturated heterocycles. The van der Waals surface area contributed by atoms with Gasteiger partial charge in [0, 0.05) is 58.4 Å². The molecule has 4 aromatic rings. The summed E-state index contributed by atoms with van der Waals surface area (Å²) in [6.45, 7) is 14.4. The fraction of sp³-hybridized carbons (Fsp3) is 0.583. The van der Waals surface area contributed by atoms with Gasteiger partial charge >= 0.3 is 0 Å². The molecule has 2 aliphatic heterocycles. The highest BCUT2D eigenvalue weighted by atomic mass is 32.2. The second-order valence-corrected chi connectivity index (χ2v) is 23.8. The maximum absolute atomic E-state index is 15.1. The van der Waals surface area contributed by atoms with Crippen molar-refractivity contribution in [2.45, 2.75) is 147 Å². The van der Waals surface area contributed by atoms with E-state index < -0.39 is 44.2 Å². The van der Waals surface area contributed by atoms with Crippen molar-refractivity contribution in [1.82, 2.24) is 24.6 Å². The highest BCUT2D eigenvalue weighted by Crippen LogP contribution is 2.58. The molecule has 12 nitrogen and oxygen atoms in total. The average molecular weight is 916 g/mol. The maximum Gasteiger partial charge on any atom is 0.240 e. The normalized spacial score (nSPS) is 25.8. The van der Waals surface area contributed by atoms with Crippen LogP contribution in [0.4, 0.5) is 0 Å². The van der Waals surface area contributed by atoms with Crippen LogP contribution in [0.3, 0.4) is 0 Å². The number of pyridine rings is 1. The van der Waals surface area contributed by atoms with E-state index in [2.05, 4.69) is 50.8 Å². The Bertz CT molecular complexity index is 2550. The molecule has 2 amide bonds. The Labute approximate surface area is 379 Å². The number of rotatable bonds is 10. The van der Waals surface area contributed by atoms with Crippen molar-refractivity contribution in [3.05, 3.63) is 63.1 Å². The number of nitrogens with zero attached hydrogens (tertiary/aromatic N) is 4. The van der Waals surface area contributed by atoms with Gasteiger partial charge in [0.1, 0.15) is 28.3 Å². The number of aromatic nitrogens is 3. The number of benzene rings is 1. The van der Waals surface area contributed by atoms with Crippen LogP contribution in [0.15, 0.2) is 41.1 Å². The number of sulfonamides is 1. The van der Waals surface area contributed by atoms with Gasteiger partial charge in [0.25, 0.3) is 0 Å². The summed E-state index contributed by atoms with van der Waals surface area (Å²) in [6, 6.07) is 4.83. The third kappa shape index (κ3) is 9.20. The van der Waals surface area contributed by atoms with Crippen LogP contribution in [-0.4, -0.2) is 76.4 Å². The summed E-state index contributed by atoms with van der Waals surface area (Å²) in [7, 11) is -2.31. The van der Waals surface area contributed by atoms with Crippen molar-refractivity contribution in [3.63, 3.8) is 0 Å². The minimum absolute atomic E-state index is 0.125. The quantitative estimate of drug-likeness (QED) is 0.152. The van der Waals surface area contributed by atoms with Crippen molar-refractivity contribution in [1.29, 1.82) is 0 Å². The lowest BCUT2D eigenvalue weighted by molar-refractivity contribution is -0.142. The molecule has 2 aliphatic carbocycles. The highest BCUT2D eigenvalue weighted by Gasteiger charge is 2.62. The van der Waals surface area contributed by atoms with E-state index in [0.717, 1.165) is 58.0 Å². The summed E-state index contributed by atoms with van der Waals surface area (Å²) in [4.78, 5) is 60.9. The molecular weight excluding hydrogens is 855 g/mol. The van der Waals surface area contributed by atoms with Crippen molar-refractivity contribution in [2.24, 2.45) is 17.3 Å². The molecule has 5 atom stereocenters. The SMILES string of the molecule is COc1ccc2c(O[C@@H]3C[C@H]4C(=O)C[C@]5(C(=O)NS(=O)(=O)C6(C)CC6)C[C@@H]5/C=C\CCCCC[C@H](Cc5nc(C(C)(C)C)cs5)C(=O)N4C3)cc(-c3nc(C(C)C)cs3)nc2c1C. The largest absolute Gasteiger partial charge is 0.496 e. The maximum atomic E-state index is 15.1. The summed E-state index contributed by atoms with van der Waals surface area (Å²) in [6.07, 6.45) is 9.40. The summed E-state index contributed by atoms with van der Waals surface area (Å²) in [5.74, 6) is -0.238. The van der Waals surface area contributed by atoms with Crippen LogP contribution in [-0.2, 0) is 36.2 Å². The molecule has 0 unspecified atom stereocenters. The number of ether oxygens (including phenoxy) is 2. The number of carbonyl (C=O) groups excluding carboxylic acids is 3. The van der Waals surface area contributed by atoms with Gasteiger partial charge in [-0.1, -0.05) is 59.6 Å². The van der Waals surface area contributed by atoms with Crippen LogP contribution in [0.1, 0.15) is 134 Å². The fourth-order valence-electron chi connectivity index (χ4n) is 9.04. The Hall–Kier alpha value is -4.21. The number of amides is 2. The monoisotopic (exact) mass is 915 g/mol. The lowest BCUT2D eigenvalue weighted by Crippen LogP contribution is -2.47. The smallest absolute Gasteiger partial charge is 0.240 e. The summed E-state index contributed by atoms with van der Waals surface area (Å²) >= 11 is 3.09. The molecule has 0 radical (unpaired) electrons. The van der Waals surface area contributed by atoms with Gasteiger partial charge < -0.3 is 14.4 Å². The Morgan fingerprint density at radius 1 is 1.05 bits per heavy atom. The lowest BCUT2D eigenvalue weighted by atomic mass is 9.90. The number of thiazole rings is 2. The molecule has 4 aliphatic rings. The van der Waals surface area contributed by atoms with E-state index in [1.54, 1.807) is 30.3 Å². The molecule has 15 heteroatoms. The molecule has 3 aromatic heterocycles. The van der Waals surface area contributed by atoms with E-state index in [-0.39, 0.29) is 48.3 Å². The minimum Gasteiger partial charge on any atom is -0.496 e. The zero-order valence-electron chi connectivity index (χ0n) is 37.8. The van der Waals surface area contributed by atoms with E-state index in [4.69, 9.17) is 24.4 Å². The van der Waals surface area contributed by atoms with Gasteiger partial charge in [-0.3, -0.25) is 19.1 Å². The highest BCUT2D eigenvalue weighted by molar-refractivity contribution is 7.91. The van der Waals surface area contributed by atoms with E-state index in [1.807, 2.05) is 36.6 Å². The third-order valence-electron chi connectivity index (χ3n) is 13.7. The number of allylic oxidation sites excluding steroid dienone is 2. The number of hydrogen-bond donors (Lipinski definition) is 1. The van der Waals surface area contributed by atoms with Crippen molar-refractivity contribution in [2.75, 3.05) is 13.7 Å². The predicted molar refractivity (Wildman–Crippen MR) is 248 cm³/mol. The van der Waals surface area contributed by atoms with E-state index in [9.17, 15) is 18.0 Å². The standard InChI is InChI=1S/C48H61N5O7S3/c1-28(2)35-26-62-43(50-35)34-22-39(33-16-17-38(59-8)29(3)42(33)49-34)60-32-21-36-37(54)24-48(45(56)52-63(57,58)47(7)18-19-47)23-31(48)15-13-11-9-10-12-14-30(44(55)53(36)25-32)20-41-51-40(27-61-41)46(4,5)6/h13,15-17,22,26-28,30-32,36H,9-12,14,18-21,23-25H2,1-8H3,(H,52,56)/b15-13-/t30-,31+,32-,36+,48-/m1/s1. The number of methoxy groups -OCH3 is 1. The Kier molecular flexibility index (Phi) is 12.5. The molecule has 1 aromatic carbocycles. The van der Waals surface area contributed by atoms with Crippen molar-refractivity contribution >= 4 is 61.2 Å². The second kappa shape index (κ2) is 17.3. The van der Waals surface area contributed by atoms with Gasteiger partial charge in [0.2, 0.25) is 21.8 Å². The van der Waals surface area contributed by atoms with E-state index in [0.29, 0.717) is 54.8 Å². The molecule has 0 bridgehead atoms. The van der Waals surface area contributed by atoms with Crippen LogP contribution in [0.5, 0.6) is 11.5 Å². The van der Waals surface area contributed by atoms with Crippen LogP contribution in [0.25, 0.3) is 21.6 Å². The lowest BCUT2D eigenvalue weighted by Gasteiger charge is -2.29. The van der Waals surface area contributed by atoms with Gasteiger partial charge in [-0.05, 0) is 76.3 Å². The molecule has 63 heavy (non-hydrogen) atoms. The molecular formula is C48H61N5O7S3. The Balaban J connectivity index is 1.15. The molecule has 3 fully saturated rings. The first-order valence-electron chi connectivity index (χ1n) is 22.4. The fourth-order valence-corrected chi connectivity index (χ4v) is 12.4. The van der Waals surface area contributed by atoms with Crippen LogP contribution in [0.2, 0.25) is 0 Å². The predicted octanol–water partition coefficient (Wildman–Crippen LogP) is 9.24. The zero-order valence-corrected chi connectivity index (χ0v) is 40.2. The number of aryl methyl sites for hydroxylation is 1. The summed E-state index contributed by atoms with van der Waals surface area (Å²) in [5.41, 5.74) is 2.80. The Morgan fingerprint density at radius 2 is 1.83 bits per heavy atom. The second-order valence-electron chi connectivity index (χ2n) is 19.8. The van der Waals surface area contributed by atoms with Crippen LogP contribution >= 0.6 is 22.7 Å². The first-order valence-corrected chi connectivity index (χ1v) is 25.7. The van der Waals surface area contributed by atoms with E-state index >= 15 is 4.79 Å². The number of ketones is 1. The van der Waals surface area contributed by atoms with Crippen LogP contribution < -0.4 is 14.2 Å². The number of carbonyl (C=O) groups is 3. The minimum atomic E-state index is -3.94. The van der Waals surface area contributed by atoms with Gasteiger partial charge in [-0.2, -0.15) is 0 Å². The number of nitrogens with one attached hydrogen (secondary N) is 1. The molecule has 1 N–H and O–H groups in total. The topological polar surface area (TPSA) is 158 Å². The zero-order chi connectivity index (χ0) is 45.1. The van der Waals surface area contributed by atoms with Crippen molar-refractivity contribution < 1.29 is 32.3 Å².